The van der Waals surface area contributed by atoms with Gasteiger partial charge in [-0.15, -0.1) is 0 Å². The van der Waals surface area contributed by atoms with E-state index in [0.29, 0.717) is 0 Å². The van der Waals surface area contributed by atoms with Crippen LogP contribution >= 0.6 is 0 Å². The average molecular weight is 652 g/mol. The van der Waals surface area contributed by atoms with Crippen molar-refractivity contribution in [1.82, 2.24) is 4.57 Å². The molecule has 2 aliphatic rings. The molecule has 0 fully saturated rings. The zero-order chi connectivity index (χ0) is 33.5. The van der Waals surface area contributed by atoms with Crippen molar-refractivity contribution < 1.29 is 4.42 Å². The number of benzene rings is 7. The average Bonchev–Trinajstić information content (AvgIpc) is 3.84. The Balaban J connectivity index is 1.04. The van der Waals surface area contributed by atoms with Crippen molar-refractivity contribution in [3.05, 3.63) is 210 Å². The Kier molecular flexibility index (Phi) is 6.03. The molecule has 0 amide bonds. The number of rotatable bonds is 4. The summed E-state index contributed by atoms with van der Waals surface area (Å²) in [5, 5.41) is 4.80. The Morgan fingerprint density at radius 2 is 1.10 bits per heavy atom. The van der Waals surface area contributed by atoms with Gasteiger partial charge in [-0.3, -0.25) is 0 Å². The van der Waals surface area contributed by atoms with Crippen LogP contribution in [0.3, 0.4) is 0 Å². The third kappa shape index (κ3) is 3.99. The van der Waals surface area contributed by atoms with Gasteiger partial charge in [-0.25, -0.2) is 0 Å². The van der Waals surface area contributed by atoms with E-state index in [1.807, 2.05) is 0 Å². The van der Waals surface area contributed by atoms with Crippen LogP contribution in [-0.4, -0.2) is 4.57 Å². The summed E-state index contributed by atoms with van der Waals surface area (Å²) in [6.45, 7) is 0. The highest BCUT2D eigenvalue weighted by Gasteiger charge is 2.52. The van der Waals surface area contributed by atoms with Crippen LogP contribution in [0.4, 0.5) is 0 Å². The zero-order valence-corrected chi connectivity index (χ0v) is 28.0. The van der Waals surface area contributed by atoms with E-state index in [-0.39, 0.29) is 11.3 Å². The van der Waals surface area contributed by atoms with E-state index in [2.05, 4.69) is 187 Å². The molecule has 0 bridgehead atoms. The first-order valence-electron chi connectivity index (χ1n) is 17.9. The zero-order valence-electron chi connectivity index (χ0n) is 28.0. The molecule has 0 aliphatic heterocycles. The molecule has 1 unspecified atom stereocenters. The van der Waals surface area contributed by atoms with E-state index < -0.39 is 0 Å². The van der Waals surface area contributed by atoms with Gasteiger partial charge >= 0.3 is 0 Å². The molecule has 0 radical (unpaired) electrons. The number of aromatic nitrogens is 1. The molecule has 0 spiro atoms. The minimum absolute atomic E-state index is 0.250. The maximum atomic E-state index is 6.71. The van der Waals surface area contributed by atoms with Crippen molar-refractivity contribution >= 4 is 54.9 Å². The van der Waals surface area contributed by atoms with Crippen LogP contribution in [0, 0.1) is 5.92 Å². The minimum atomic E-state index is -0.295. The Labute approximate surface area is 296 Å². The molecule has 2 aromatic heterocycles. The van der Waals surface area contributed by atoms with E-state index in [9.17, 15) is 0 Å². The Morgan fingerprint density at radius 3 is 1.80 bits per heavy atom. The minimum Gasteiger partial charge on any atom is -0.456 e. The molecule has 2 heteroatoms. The summed E-state index contributed by atoms with van der Waals surface area (Å²) >= 11 is 0. The summed E-state index contributed by atoms with van der Waals surface area (Å²) in [5.41, 5.74) is 14.4. The van der Waals surface area contributed by atoms with Gasteiger partial charge < -0.3 is 8.98 Å². The van der Waals surface area contributed by atoms with Crippen LogP contribution in [0.5, 0.6) is 0 Å². The molecule has 11 rings (SSSR count). The van der Waals surface area contributed by atoms with Gasteiger partial charge in [0.2, 0.25) is 0 Å². The van der Waals surface area contributed by atoms with Crippen molar-refractivity contribution in [3.8, 4) is 5.69 Å². The molecule has 0 saturated carbocycles. The molecule has 240 valence electrons. The lowest BCUT2D eigenvalue weighted by molar-refractivity contribution is 0.489. The fraction of sp³-hybridized carbons (Fsp3) is 0.0612. The topological polar surface area (TPSA) is 18.1 Å². The van der Waals surface area contributed by atoms with E-state index in [1.165, 1.54) is 60.8 Å². The molecule has 2 aliphatic carbocycles. The van der Waals surface area contributed by atoms with Crippen LogP contribution in [0.2, 0.25) is 0 Å². The molecule has 51 heavy (non-hydrogen) atoms. The normalized spacial score (nSPS) is 16.4. The first-order chi connectivity index (χ1) is 25.3. The first kappa shape index (κ1) is 28.5. The van der Waals surface area contributed by atoms with Crippen molar-refractivity contribution in [1.29, 1.82) is 0 Å². The fourth-order valence-corrected chi connectivity index (χ4v) is 9.44. The number of hydrogen-bond acceptors (Lipinski definition) is 1. The van der Waals surface area contributed by atoms with E-state index in [0.717, 1.165) is 34.0 Å². The van der Waals surface area contributed by atoms with Crippen LogP contribution in [0.25, 0.3) is 60.6 Å². The summed E-state index contributed by atoms with van der Waals surface area (Å²) in [6, 6.07) is 62.1. The van der Waals surface area contributed by atoms with Crippen LogP contribution < -0.4 is 0 Å². The number of hydrogen-bond donors (Lipinski definition) is 0. The quantitative estimate of drug-likeness (QED) is 0.185. The van der Waals surface area contributed by atoms with Crippen LogP contribution in [0.15, 0.2) is 186 Å². The number of fused-ring (bicyclic) bond motifs is 9. The summed E-state index contributed by atoms with van der Waals surface area (Å²) in [6.07, 6.45) is 5.66. The molecule has 1 atom stereocenters. The Bertz CT molecular complexity index is 2790. The summed E-state index contributed by atoms with van der Waals surface area (Å²) in [4.78, 5) is 0. The van der Waals surface area contributed by atoms with Gasteiger partial charge in [0, 0.05) is 39.2 Å². The molecular weight excluding hydrogens is 619 g/mol. The predicted octanol–water partition coefficient (Wildman–Crippen LogP) is 12.5. The highest BCUT2D eigenvalue weighted by atomic mass is 16.3. The molecule has 0 saturated heterocycles. The van der Waals surface area contributed by atoms with Crippen LogP contribution in [-0.2, 0) is 5.41 Å². The molecule has 2 heterocycles. The third-order valence-electron chi connectivity index (χ3n) is 11.6. The van der Waals surface area contributed by atoms with Gasteiger partial charge in [0.15, 0.2) is 0 Å². The highest BCUT2D eigenvalue weighted by Crippen LogP contribution is 2.60. The SMILES string of the molecule is C1=C(c2ccc3c(c2)oc2cc(-n4c5ccccc5c5ccccc54)ccc23)CC2C(=C1)c1ccccc1C2(c1ccccc1)c1ccccc1. The summed E-state index contributed by atoms with van der Waals surface area (Å²) in [7, 11) is 0. The second-order valence-electron chi connectivity index (χ2n) is 14.0. The number of allylic oxidation sites excluding steroid dienone is 4. The maximum absolute atomic E-state index is 6.71. The van der Waals surface area contributed by atoms with Gasteiger partial charge in [-0.1, -0.05) is 140 Å². The summed E-state index contributed by atoms with van der Waals surface area (Å²) in [5.74, 6) is 0.250. The number of furan rings is 1. The maximum Gasteiger partial charge on any atom is 0.137 e. The van der Waals surface area contributed by atoms with E-state index >= 15 is 0 Å². The van der Waals surface area contributed by atoms with Crippen molar-refractivity contribution in [3.63, 3.8) is 0 Å². The molecule has 9 aromatic rings. The number of nitrogens with zero attached hydrogens (tertiary/aromatic N) is 1. The molecule has 0 N–H and O–H groups in total. The lowest BCUT2D eigenvalue weighted by Crippen LogP contribution is -2.35. The van der Waals surface area contributed by atoms with E-state index in [1.54, 1.807) is 0 Å². The van der Waals surface area contributed by atoms with Gasteiger partial charge in [0.25, 0.3) is 0 Å². The van der Waals surface area contributed by atoms with Gasteiger partial charge in [0.1, 0.15) is 11.2 Å². The Hall–Kier alpha value is -6.38. The van der Waals surface area contributed by atoms with Crippen molar-refractivity contribution in [2.75, 3.05) is 0 Å². The van der Waals surface area contributed by atoms with Crippen LogP contribution in [0.1, 0.15) is 34.2 Å². The highest BCUT2D eigenvalue weighted by molar-refractivity contribution is 6.10. The van der Waals surface area contributed by atoms with Gasteiger partial charge in [-0.2, -0.15) is 0 Å². The standard InChI is InChI=1S/C49H33NO/c1-3-13-34(14-4-1)49(35-15-5-2-6-16-35)43-20-10-7-17-37(43)38-26-23-32(29-44(38)49)33-24-27-41-42-28-25-36(31-48(42)51-47(41)30-33)50-45-21-11-8-18-39(45)40-19-9-12-22-46(40)50/h1-28,30-31,44H,29H2. The Morgan fingerprint density at radius 1 is 0.510 bits per heavy atom. The first-order valence-corrected chi connectivity index (χ1v) is 17.9. The monoisotopic (exact) mass is 651 g/mol. The lowest BCUT2D eigenvalue weighted by atomic mass is 9.62. The fourth-order valence-electron chi connectivity index (χ4n) is 9.44. The molecule has 7 aromatic carbocycles. The van der Waals surface area contributed by atoms with Crippen molar-refractivity contribution in [2.45, 2.75) is 11.8 Å². The van der Waals surface area contributed by atoms with E-state index in [4.69, 9.17) is 4.42 Å². The smallest absolute Gasteiger partial charge is 0.137 e. The predicted molar refractivity (Wildman–Crippen MR) is 211 cm³/mol. The number of para-hydroxylation sites is 2. The lowest BCUT2D eigenvalue weighted by Gasteiger charge is -2.39. The second-order valence-corrected chi connectivity index (χ2v) is 14.0. The van der Waals surface area contributed by atoms with Crippen molar-refractivity contribution in [2.24, 2.45) is 5.92 Å². The van der Waals surface area contributed by atoms with Gasteiger partial charge in [-0.05, 0) is 81.8 Å². The molecule has 2 nitrogen and oxygen atoms in total. The second kappa shape index (κ2) is 10.8. The van der Waals surface area contributed by atoms with Gasteiger partial charge in [0.05, 0.1) is 16.4 Å². The third-order valence-corrected chi connectivity index (χ3v) is 11.6. The summed E-state index contributed by atoms with van der Waals surface area (Å²) < 4.78 is 9.06. The molecular formula is C49H33NO. The largest absolute Gasteiger partial charge is 0.456 e.